The van der Waals surface area contributed by atoms with Gasteiger partial charge in [-0.2, -0.15) is 0 Å². The Bertz CT molecular complexity index is 614. The fourth-order valence-corrected chi connectivity index (χ4v) is 2.61. The van der Waals surface area contributed by atoms with Gasteiger partial charge < -0.3 is 14.8 Å². The van der Waals surface area contributed by atoms with E-state index < -0.39 is 0 Å². The molecular formula is C14H16ClN3O2. The molecule has 1 N–H and O–H groups in total. The number of nitrogens with one attached hydrogen (secondary N) is 1. The highest BCUT2D eigenvalue weighted by Gasteiger charge is 2.34. The summed E-state index contributed by atoms with van der Waals surface area (Å²) in [7, 11) is 1.71. The quantitative estimate of drug-likeness (QED) is 0.938. The van der Waals surface area contributed by atoms with Crippen LogP contribution >= 0.6 is 11.6 Å². The van der Waals surface area contributed by atoms with Crippen LogP contribution in [0.2, 0.25) is 5.15 Å². The molecule has 1 aromatic carbocycles. The van der Waals surface area contributed by atoms with E-state index in [0.29, 0.717) is 24.1 Å². The molecule has 2 heterocycles. The topological polar surface area (TPSA) is 56.3 Å². The first kappa shape index (κ1) is 13.5. The van der Waals surface area contributed by atoms with Gasteiger partial charge in [-0.3, -0.25) is 0 Å². The standard InChI is InChI=1S/C14H16ClN3O2/c1-19-14(6-7-20-9-14)8-16-13-11-5-3-2-4-10(11)12(15)17-18-13/h2-5H,6-9H2,1H3,(H,16,18). The average molecular weight is 294 g/mol. The summed E-state index contributed by atoms with van der Waals surface area (Å²) in [5.41, 5.74) is -0.289. The van der Waals surface area contributed by atoms with Crippen molar-refractivity contribution in [3.63, 3.8) is 0 Å². The molecule has 1 saturated heterocycles. The van der Waals surface area contributed by atoms with Gasteiger partial charge in [0.25, 0.3) is 0 Å². The maximum absolute atomic E-state index is 6.06. The summed E-state index contributed by atoms with van der Waals surface area (Å²) in [5, 5.41) is 13.7. The van der Waals surface area contributed by atoms with E-state index in [2.05, 4.69) is 15.5 Å². The van der Waals surface area contributed by atoms with Crippen LogP contribution in [0.3, 0.4) is 0 Å². The van der Waals surface area contributed by atoms with Crippen molar-refractivity contribution in [3.8, 4) is 0 Å². The Morgan fingerprint density at radius 2 is 2.15 bits per heavy atom. The van der Waals surface area contributed by atoms with Crippen molar-refractivity contribution >= 4 is 28.2 Å². The highest BCUT2D eigenvalue weighted by molar-refractivity contribution is 6.34. The molecule has 0 bridgehead atoms. The van der Waals surface area contributed by atoms with Gasteiger partial charge in [0.05, 0.1) is 6.61 Å². The van der Waals surface area contributed by atoms with Gasteiger partial charge in [-0.05, 0) is 0 Å². The van der Waals surface area contributed by atoms with Crippen molar-refractivity contribution in [2.75, 3.05) is 32.2 Å². The normalized spacial score (nSPS) is 22.3. The predicted molar refractivity (Wildman–Crippen MR) is 78.2 cm³/mol. The number of benzene rings is 1. The van der Waals surface area contributed by atoms with Crippen molar-refractivity contribution < 1.29 is 9.47 Å². The third kappa shape index (κ3) is 2.44. The molecule has 1 aliphatic rings. The second-order valence-electron chi connectivity index (χ2n) is 4.93. The smallest absolute Gasteiger partial charge is 0.159 e. The zero-order chi connectivity index (χ0) is 14.0. The molecule has 5 nitrogen and oxygen atoms in total. The number of nitrogens with zero attached hydrogens (tertiary/aromatic N) is 2. The van der Waals surface area contributed by atoms with Crippen LogP contribution in [0, 0.1) is 0 Å². The second kappa shape index (κ2) is 5.52. The third-order valence-corrected chi connectivity index (χ3v) is 4.00. The molecule has 106 valence electrons. The molecule has 6 heteroatoms. The van der Waals surface area contributed by atoms with Gasteiger partial charge in [-0.1, -0.05) is 35.9 Å². The Balaban J connectivity index is 1.86. The molecule has 1 unspecified atom stereocenters. The summed E-state index contributed by atoms with van der Waals surface area (Å²) in [5.74, 6) is 0.716. The summed E-state index contributed by atoms with van der Waals surface area (Å²) < 4.78 is 11.0. The number of fused-ring (bicyclic) bond motifs is 1. The fraction of sp³-hybridized carbons (Fsp3) is 0.429. The summed E-state index contributed by atoms with van der Waals surface area (Å²) in [6.07, 6.45) is 0.870. The Morgan fingerprint density at radius 1 is 1.35 bits per heavy atom. The molecular weight excluding hydrogens is 278 g/mol. The van der Waals surface area contributed by atoms with Crippen LogP contribution in [-0.4, -0.2) is 42.7 Å². The molecule has 1 aliphatic heterocycles. The fourth-order valence-electron chi connectivity index (χ4n) is 2.41. The van der Waals surface area contributed by atoms with Crippen LogP contribution in [0.4, 0.5) is 5.82 Å². The number of anilines is 1. The summed E-state index contributed by atoms with van der Waals surface area (Å²) in [6.45, 7) is 1.95. The van der Waals surface area contributed by atoms with Crippen molar-refractivity contribution in [1.29, 1.82) is 0 Å². The third-order valence-electron chi connectivity index (χ3n) is 3.72. The zero-order valence-electron chi connectivity index (χ0n) is 11.2. The van der Waals surface area contributed by atoms with E-state index >= 15 is 0 Å². The molecule has 0 saturated carbocycles. The monoisotopic (exact) mass is 293 g/mol. The van der Waals surface area contributed by atoms with Crippen LogP contribution in [0.5, 0.6) is 0 Å². The molecule has 0 aliphatic carbocycles. The Morgan fingerprint density at radius 3 is 2.85 bits per heavy atom. The summed E-state index contributed by atoms with van der Waals surface area (Å²) in [4.78, 5) is 0. The number of rotatable bonds is 4. The first-order valence-electron chi connectivity index (χ1n) is 6.52. The van der Waals surface area contributed by atoms with Crippen LogP contribution in [0.1, 0.15) is 6.42 Å². The lowest BCUT2D eigenvalue weighted by molar-refractivity contribution is -0.00624. The van der Waals surface area contributed by atoms with Crippen LogP contribution in [0.25, 0.3) is 10.8 Å². The highest BCUT2D eigenvalue weighted by atomic mass is 35.5. The number of methoxy groups -OCH3 is 1. The lowest BCUT2D eigenvalue weighted by Gasteiger charge is -2.26. The minimum atomic E-state index is -0.289. The van der Waals surface area contributed by atoms with Crippen molar-refractivity contribution in [3.05, 3.63) is 29.4 Å². The molecule has 0 spiro atoms. The number of hydrogen-bond donors (Lipinski definition) is 1. The van der Waals surface area contributed by atoms with E-state index in [-0.39, 0.29) is 5.60 Å². The largest absolute Gasteiger partial charge is 0.378 e. The molecule has 0 amide bonds. The Labute approximate surface area is 122 Å². The number of aromatic nitrogens is 2. The van der Waals surface area contributed by atoms with E-state index in [1.165, 1.54) is 0 Å². The number of hydrogen-bond acceptors (Lipinski definition) is 5. The van der Waals surface area contributed by atoms with E-state index in [9.17, 15) is 0 Å². The lowest BCUT2D eigenvalue weighted by atomic mass is 10.0. The van der Waals surface area contributed by atoms with E-state index in [1.54, 1.807) is 7.11 Å². The first-order valence-corrected chi connectivity index (χ1v) is 6.90. The predicted octanol–water partition coefficient (Wildman–Crippen LogP) is 2.50. The van der Waals surface area contributed by atoms with Gasteiger partial charge in [0, 0.05) is 37.5 Å². The Kier molecular flexibility index (Phi) is 3.74. The van der Waals surface area contributed by atoms with Gasteiger partial charge in [0.15, 0.2) is 11.0 Å². The van der Waals surface area contributed by atoms with Crippen molar-refractivity contribution in [2.24, 2.45) is 0 Å². The van der Waals surface area contributed by atoms with E-state index in [4.69, 9.17) is 21.1 Å². The van der Waals surface area contributed by atoms with Crippen LogP contribution in [-0.2, 0) is 9.47 Å². The zero-order valence-corrected chi connectivity index (χ0v) is 12.0. The molecule has 1 aromatic heterocycles. The SMILES string of the molecule is COC1(CNc2nnc(Cl)c3ccccc23)CCOC1. The molecule has 1 fully saturated rings. The maximum atomic E-state index is 6.06. The molecule has 2 aromatic rings. The van der Waals surface area contributed by atoms with Crippen molar-refractivity contribution in [1.82, 2.24) is 10.2 Å². The van der Waals surface area contributed by atoms with Crippen LogP contribution < -0.4 is 5.32 Å². The van der Waals surface area contributed by atoms with Crippen LogP contribution in [0.15, 0.2) is 24.3 Å². The van der Waals surface area contributed by atoms with Gasteiger partial charge in [0.2, 0.25) is 0 Å². The van der Waals surface area contributed by atoms with Gasteiger partial charge >= 0.3 is 0 Å². The first-order chi connectivity index (χ1) is 9.74. The highest BCUT2D eigenvalue weighted by Crippen LogP contribution is 2.27. The molecule has 1 atom stereocenters. The van der Waals surface area contributed by atoms with Gasteiger partial charge in [-0.25, -0.2) is 0 Å². The molecule has 20 heavy (non-hydrogen) atoms. The van der Waals surface area contributed by atoms with Gasteiger partial charge in [0.1, 0.15) is 5.60 Å². The van der Waals surface area contributed by atoms with Gasteiger partial charge in [-0.15, -0.1) is 10.2 Å². The minimum Gasteiger partial charge on any atom is -0.378 e. The summed E-state index contributed by atoms with van der Waals surface area (Å²) >= 11 is 6.06. The average Bonchev–Trinajstić information content (AvgIpc) is 2.96. The number of ether oxygens (including phenoxy) is 2. The molecule has 3 rings (SSSR count). The minimum absolute atomic E-state index is 0.289. The Hall–Kier alpha value is -1.43. The maximum Gasteiger partial charge on any atom is 0.159 e. The van der Waals surface area contributed by atoms with E-state index in [1.807, 2.05) is 24.3 Å². The second-order valence-corrected chi connectivity index (χ2v) is 5.29. The van der Waals surface area contributed by atoms with E-state index in [0.717, 1.165) is 23.8 Å². The molecule has 0 radical (unpaired) electrons. The number of halogens is 1. The van der Waals surface area contributed by atoms with Crippen molar-refractivity contribution in [2.45, 2.75) is 12.0 Å². The summed E-state index contributed by atoms with van der Waals surface area (Å²) in [6, 6.07) is 7.79. The lowest BCUT2D eigenvalue weighted by Crippen LogP contribution is -2.39.